The molecule has 1 heterocycles. The van der Waals surface area contributed by atoms with Crippen molar-refractivity contribution in [2.24, 2.45) is 5.41 Å². The number of nitrogens with zero attached hydrogens (tertiary/aromatic N) is 2. The third-order valence-corrected chi connectivity index (χ3v) is 2.32. The van der Waals surface area contributed by atoms with Gasteiger partial charge in [0.25, 0.3) is 0 Å². The van der Waals surface area contributed by atoms with E-state index in [0.717, 1.165) is 5.82 Å². The van der Waals surface area contributed by atoms with E-state index in [1.165, 1.54) is 0 Å². The van der Waals surface area contributed by atoms with Crippen molar-refractivity contribution in [1.29, 1.82) is 0 Å². The highest BCUT2D eigenvalue weighted by Gasteiger charge is 2.23. The summed E-state index contributed by atoms with van der Waals surface area (Å²) in [7, 11) is 0. The second-order valence-corrected chi connectivity index (χ2v) is 4.24. The lowest BCUT2D eigenvalue weighted by Crippen LogP contribution is -2.23. The second-order valence-electron chi connectivity index (χ2n) is 4.24. The zero-order chi connectivity index (χ0) is 9.35. The van der Waals surface area contributed by atoms with Crippen LogP contribution in [0.25, 0.3) is 0 Å². The van der Waals surface area contributed by atoms with Crippen LogP contribution in [-0.2, 0) is 0 Å². The molecule has 12 heavy (non-hydrogen) atoms. The number of rotatable bonds is 1. The fourth-order valence-corrected chi connectivity index (χ4v) is 1.02. The van der Waals surface area contributed by atoms with Crippen molar-refractivity contribution in [1.82, 2.24) is 9.78 Å². The molecule has 2 N–H and O–H groups in total. The van der Waals surface area contributed by atoms with E-state index in [2.05, 4.69) is 32.8 Å². The van der Waals surface area contributed by atoms with Crippen LogP contribution in [0.1, 0.15) is 33.7 Å². The van der Waals surface area contributed by atoms with E-state index in [1.807, 2.05) is 10.7 Å². The minimum Gasteiger partial charge on any atom is -0.384 e. The Kier molecular flexibility index (Phi) is 2.13. The standard InChI is InChI=1S/C9H17N3/c1-7(9(2,3)4)12-8(10)5-6-11-12/h5-7H,10H2,1-4H3/t7-/m1/s1. The van der Waals surface area contributed by atoms with E-state index in [0.29, 0.717) is 6.04 Å². The van der Waals surface area contributed by atoms with E-state index in [9.17, 15) is 0 Å². The normalized spacial score (nSPS) is 14.7. The highest BCUT2D eigenvalue weighted by Crippen LogP contribution is 2.30. The molecule has 1 aromatic rings. The molecular formula is C9H17N3. The quantitative estimate of drug-likeness (QED) is 0.695. The van der Waals surface area contributed by atoms with Gasteiger partial charge in [0.15, 0.2) is 0 Å². The summed E-state index contributed by atoms with van der Waals surface area (Å²) in [5.74, 6) is 0.734. The zero-order valence-corrected chi connectivity index (χ0v) is 8.20. The fourth-order valence-electron chi connectivity index (χ4n) is 1.02. The van der Waals surface area contributed by atoms with Gasteiger partial charge in [0.05, 0.1) is 12.2 Å². The maximum atomic E-state index is 5.74. The van der Waals surface area contributed by atoms with Crippen molar-refractivity contribution < 1.29 is 0 Å². The number of hydrogen-bond donors (Lipinski definition) is 1. The van der Waals surface area contributed by atoms with Gasteiger partial charge in [-0.3, -0.25) is 0 Å². The monoisotopic (exact) mass is 167 g/mol. The van der Waals surface area contributed by atoms with Crippen LogP contribution in [0.3, 0.4) is 0 Å². The van der Waals surface area contributed by atoms with Crippen molar-refractivity contribution in [2.45, 2.75) is 33.7 Å². The third-order valence-electron chi connectivity index (χ3n) is 2.32. The number of anilines is 1. The minimum absolute atomic E-state index is 0.195. The van der Waals surface area contributed by atoms with E-state index in [4.69, 9.17) is 5.73 Å². The molecule has 1 atom stereocenters. The Balaban J connectivity index is 2.92. The molecule has 0 saturated heterocycles. The summed E-state index contributed by atoms with van der Waals surface area (Å²) >= 11 is 0. The first-order valence-electron chi connectivity index (χ1n) is 4.22. The van der Waals surface area contributed by atoms with Gasteiger partial charge in [0.2, 0.25) is 0 Å². The minimum atomic E-state index is 0.195. The van der Waals surface area contributed by atoms with Gasteiger partial charge in [0.1, 0.15) is 5.82 Å². The molecule has 0 amide bonds. The van der Waals surface area contributed by atoms with Crippen molar-refractivity contribution in [3.8, 4) is 0 Å². The highest BCUT2D eigenvalue weighted by atomic mass is 15.3. The summed E-state index contributed by atoms with van der Waals surface area (Å²) in [5, 5.41) is 4.17. The van der Waals surface area contributed by atoms with E-state index >= 15 is 0 Å². The molecule has 0 bridgehead atoms. The Bertz CT molecular complexity index is 257. The first-order chi connectivity index (χ1) is 5.43. The molecule has 1 rings (SSSR count). The summed E-state index contributed by atoms with van der Waals surface area (Å²) in [4.78, 5) is 0. The average Bonchev–Trinajstić information content (AvgIpc) is 2.31. The summed E-state index contributed by atoms with van der Waals surface area (Å²) in [6, 6.07) is 2.15. The molecule has 0 aromatic carbocycles. The molecule has 3 heteroatoms. The highest BCUT2D eigenvalue weighted by molar-refractivity contribution is 5.26. The summed E-state index contributed by atoms with van der Waals surface area (Å²) in [6.07, 6.45) is 1.73. The lowest BCUT2D eigenvalue weighted by molar-refractivity contribution is 0.247. The summed E-state index contributed by atoms with van der Waals surface area (Å²) < 4.78 is 1.86. The molecule has 68 valence electrons. The van der Waals surface area contributed by atoms with Crippen LogP contribution >= 0.6 is 0 Å². The average molecular weight is 167 g/mol. The molecule has 0 aliphatic heterocycles. The van der Waals surface area contributed by atoms with Crippen molar-refractivity contribution in [3.63, 3.8) is 0 Å². The van der Waals surface area contributed by atoms with Gasteiger partial charge < -0.3 is 5.73 Å². The van der Waals surface area contributed by atoms with Crippen molar-refractivity contribution in [3.05, 3.63) is 12.3 Å². The van der Waals surface area contributed by atoms with Gasteiger partial charge in [-0.25, -0.2) is 4.68 Å². The number of nitrogens with two attached hydrogens (primary N) is 1. The van der Waals surface area contributed by atoms with Crippen LogP contribution < -0.4 is 5.73 Å². The van der Waals surface area contributed by atoms with Crippen molar-refractivity contribution in [2.75, 3.05) is 5.73 Å². The topological polar surface area (TPSA) is 43.8 Å². The lowest BCUT2D eigenvalue weighted by atomic mass is 9.88. The molecule has 0 radical (unpaired) electrons. The predicted octanol–water partition coefficient (Wildman–Crippen LogP) is 2.07. The molecule has 0 aliphatic rings. The van der Waals surface area contributed by atoms with Gasteiger partial charge >= 0.3 is 0 Å². The maximum absolute atomic E-state index is 5.74. The molecule has 0 saturated carbocycles. The van der Waals surface area contributed by atoms with Crippen LogP contribution in [0.15, 0.2) is 12.3 Å². The summed E-state index contributed by atoms with van der Waals surface area (Å²) in [5.41, 5.74) is 5.93. The van der Waals surface area contributed by atoms with Gasteiger partial charge in [0, 0.05) is 0 Å². The smallest absolute Gasteiger partial charge is 0.121 e. The Morgan fingerprint density at radius 2 is 2.08 bits per heavy atom. The number of hydrogen-bond acceptors (Lipinski definition) is 2. The molecule has 0 aliphatic carbocycles. The molecule has 0 unspecified atom stereocenters. The summed E-state index contributed by atoms with van der Waals surface area (Å²) in [6.45, 7) is 8.67. The lowest BCUT2D eigenvalue weighted by Gasteiger charge is -2.28. The Morgan fingerprint density at radius 1 is 1.50 bits per heavy atom. The van der Waals surface area contributed by atoms with Gasteiger partial charge in [-0.05, 0) is 18.4 Å². The molecule has 0 spiro atoms. The number of nitrogen functional groups attached to an aromatic ring is 1. The van der Waals surface area contributed by atoms with E-state index in [-0.39, 0.29) is 5.41 Å². The Morgan fingerprint density at radius 3 is 2.42 bits per heavy atom. The Labute approximate surface area is 73.6 Å². The first kappa shape index (κ1) is 9.10. The number of aromatic nitrogens is 2. The molecular weight excluding hydrogens is 150 g/mol. The van der Waals surface area contributed by atoms with Gasteiger partial charge in [-0.1, -0.05) is 20.8 Å². The molecule has 3 nitrogen and oxygen atoms in total. The Hall–Kier alpha value is -0.990. The SMILES string of the molecule is C[C@@H](n1nccc1N)C(C)(C)C. The van der Waals surface area contributed by atoms with Crippen LogP contribution in [-0.4, -0.2) is 9.78 Å². The maximum Gasteiger partial charge on any atom is 0.121 e. The van der Waals surface area contributed by atoms with Crippen LogP contribution in [0.4, 0.5) is 5.82 Å². The first-order valence-corrected chi connectivity index (χ1v) is 4.22. The van der Waals surface area contributed by atoms with Crippen LogP contribution in [0.5, 0.6) is 0 Å². The zero-order valence-electron chi connectivity index (χ0n) is 8.20. The van der Waals surface area contributed by atoms with E-state index < -0.39 is 0 Å². The van der Waals surface area contributed by atoms with Crippen LogP contribution in [0, 0.1) is 5.41 Å². The fraction of sp³-hybridized carbons (Fsp3) is 0.667. The molecule has 1 aromatic heterocycles. The predicted molar refractivity (Wildman–Crippen MR) is 50.8 cm³/mol. The largest absolute Gasteiger partial charge is 0.384 e. The molecule has 0 fully saturated rings. The van der Waals surface area contributed by atoms with Gasteiger partial charge in [-0.2, -0.15) is 5.10 Å². The van der Waals surface area contributed by atoms with E-state index in [1.54, 1.807) is 6.20 Å². The van der Waals surface area contributed by atoms with Crippen LogP contribution in [0.2, 0.25) is 0 Å². The third kappa shape index (κ3) is 1.60. The van der Waals surface area contributed by atoms with Gasteiger partial charge in [-0.15, -0.1) is 0 Å². The second kappa shape index (κ2) is 2.81. The van der Waals surface area contributed by atoms with Crippen molar-refractivity contribution >= 4 is 5.82 Å².